The third-order valence-electron chi connectivity index (χ3n) is 3.22. The van der Waals surface area contributed by atoms with Crippen molar-refractivity contribution in [2.75, 3.05) is 5.73 Å². The van der Waals surface area contributed by atoms with E-state index in [9.17, 15) is 8.42 Å². The number of furan rings is 1. The highest BCUT2D eigenvalue weighted by molar-refractivity contribution is 7.91. The number of hydrogen-bond acceptors (Lipinski definition) is 5. The monoisotopic (exact) mass is 312 g/mol. The van der Waals surface area contributed by atoms with Crippen LogP contribution in [-0.4, -0.2) is 18.8 Å². The van der Waals surface area contributed by atoms with E-state index >= 15 is 0 Å². The van der Waals surface area contributed by atoms with E-state index in [4.69, 9.17) is 10.2 Å². The second-order valence-corrected chi connectivity index (χ2v) is 8.02. The Bertz CT molecular complexity index is 714. The first-order valence-corrected chi connectivity index (χ1v) is 8.70. The topological polar surface area (TPSA) is 76.5 Å². The lowest BCUT2D eigenvalue weighted by Crippen LogP contribution is -2.32. The molecule has 0 aliphatic heterocycles. The van der Waals surface area contributed by atoms with Crippen LogP contribution in [0.3, 0.4) is 0 Å². The van der Waals surface area contributed by atoms with E-state index in [0.29, 0.717) is 15.7 Å². The van der Waals surface area contributed by atoms with Crippen LogP contribution in [0.15, 0.2) is 32.2 Å². The van der Waals surface area contributed by atoms with Gasteiger partial charge in [-0.15, -0.1) is 11.3 Å². The maximum atomic E-state index is 12.7. The zero-order valence-corrected chi connectivity index (χ0v) is 12.7. The molecular formula is C13H16N2O3S2. The summed E-state index contributed by atoms with van der Waals surface area (Å²) < 4.78 is 32.7. The lowest BCUT2D eigenvalue weighted by Gasteiger charge is -2.19. The van der Waals surface area contributed by atoms with E-state index in [2.05, 4.69) is 0 Å². The van der Waals surface area contributed by atoms with E-state index in [1.807, 2.05) is 19.1 Å². The number of nitrogens with zero attached hydrogens (tertiary/aromatic N) is 1. The molecule has 2 aromatic rings. The highest BCUT2D eigenvalue weighted by Crippen LogP contribution is 2.35. The number of sulfonamides is 1. The van der Waals surface area contributed by atoms with E-state index in [0.717, 1.165) is 29.9 Å². The summed E-state index contributed by atoms with van der Waals surface area (Å²) in [5, 5.41) is 1.65. The average Bonchev–Trinajstić information content (AvgIpc) is 2.99. The summed E-state index contributed by atoms with van der Waals surface area (Å²) in [7, 11) is -3.49. The standard InChI is InChI=1S/C13H16N2O3S2/c1-9-2-5-12(18-9)7-15(11-3-4-11)20(16,17)13-6-10(14)8-19-13/h2,5-6,8,11H,3-4,7,14H2,1H3. The van der Waals surface area contributed by atoms with Gasteiger partial charge >= 0.3 is 0 Å². The van der Waals surface area contributed by atoms with Crippen LogP contribution in [0.5, 0.6) is 0 Å². The molecule has 0 bridgehead atoms. The van der Waals surface area contributed by atoms with Gasteiger partial charge < -0.3 is 10.2 Å². The van der Waals surface area contributed by atoms with Gasteiger partial charge in [0, 0.05) is 17.1 Å². The number of nitrogen functional groups attached to an aromatic ring is 1. The van der Waals surface area contributed by atoms with Crippen LogP contribution in [0.4, 0.5) is 5.69 Å². The van der Waals surface area contributed by atoms with Crippen LogP contribution in [-0.2, 0) is 16.6 Å². The fourth-order valence-corrected chi connectivity index (χ4v) is 4.94. The highest BCUT2D eigenvalue weighted by atomic mass is 32.2. The van der Waals surface area contributed by atoms with E-state index in [1.165, 1.54) is 10.4 Å². The predicted molar refractivity (Wildman–Crippen MR) is 77.9 cm³/mol. The van der Waals surface area contributed by atoms with Crippen LogP contribution >= 0.6 is 11.3 Å². The van der Waals surface area contributed by atoms with E-state index < -0.39 is 10.0 Å². The van der Waals surface area contributed by atoms with Crippen molar-refractivity contribution < 1.29 is 12.8 Å². The van der Waals surface area contributed by atoms with Crippen LogP contribution in [0, 0.1) is 6.92 Å². The molecule has 0 radical (unpaired) electrons. The Labute approximate surface area is 122 Å². The van der Waals surface area contributed by atoms with Gasteiger partial charge in [0.15, 0.2) is 0 Å². The summed E-state index contributed by atoms with van der Waals surface area (Å²) in [4.78, 5) is 0. The molecule has 5 nitrogen and oxygen atoms in total. The van der Waals surface area contributed by atoms with E-state index in [1.54, 1.807) is 5.38 Å². The number of aryl methyl sites for hydroxylation is 1. The van der Waals surface area contributed by atoms with Crippen LogP contribution in [0.1, 0.15) is 24.4 Å². The Kier molecular flexibility index (Phi) is 3.35. The van der Waals surface area contributed by atoms with Gasteiger partial charge in [-0.25, -0.2) is 8.42 Å². The van der Waals surface area contributed by atoms with Crippen LogP contribution < -0.4 is 5.73 Å². The summed E-state index contributed by atoms with van der Waals surface area (Å²) in [6.45, 7) is 2.12. The summed E-state index contributed by atoms with van der Waals surface area (Å²) in [6, 6.07) is 5.26. The Morgan fingerprint density at radius 2 is 2.20 bits per heavy atom. The van der Waals surface area contributed by atoms with Gasteiger partial charge in [0.25, 0.3) is 10.0 Å². The zero-order chi connectivity index (χ0) is 14.3. The molecule has 0 amide bonds. The quantitative estimate of drug-likeness (QED) is 0.920. The van der Waals surface area contributed by atoms with Crippen molar-refractivity contribution in [1.82, 2.24) is 4.31 Å². The summed E-state index contributed by atoms with van der Waals surface area (Å²) in [6.07, 6.45) is 1.81. The molecule has 0 aromatic carbocycles. The molecule has 3 rings (SSSR count). The van der Waals surface area contributed by atoms with Crippen molar-refractivity contribution in [2.45, 2.75) is 36.6 Å². The average molecular weight is 312 g/mol. The number of nitrogens with two attached hydrogens (primary N) is 1. The Hall–Kier alpha value is -1.31. The molecule has 2 N–H and O–H groups in total. The Morgan fingerprint density at radius 1 is 1.45 bits per heavy atom. The summed E-state index contributed by atoms with van der Waals surface area (Å²) in [5.74, 6) is 1.45. The van der Waals surface area contributed by atoms with Gasteiger partial charge in [0.05, 0.1) is 6.54 Å². The van der Waals surface area contributed by atoms with Gasteiger partial charge in [-0.2, -0.15) is 4.31 Å². The molecule has 0 unspecified atom stereocenters. The summed E-state index contributed by atoms with van der Waals surface area (Å²) in [5.41, 5.74) is 6.12. The van der Waals surface area contributed by atoms with Crippen LogP contribution in [0.2, 0.25) is 0 Å². The number of hydrogen-bond donors (Lipinski definition) is 1. The molecule has 20 heavy (non-hydrogen) atoms. The van der Waals surface area contributed by atoms with Gasteiger partial charge in [-0.1, -0.05) is 0 Å². The van der Waals surface area contributed by atoms with Crippen molar-refractivity contribution in [3.63, 3.8) is 0 Å². The van der Waals surface area contributed by atoms with Crippen molar-refractivity contribution >= 4 is 27.0 Å². The second-order valence-electron chi connectivity index (χ2n) is 4.99. The highest BCUT2D eigenvalue weighted by Gasteiger charge is 2.39. The number of thiophene rings is 1. The van der Waals surface area contributed by atoms with Gasteiger partial charge in [-0.05, 0) is 38.0 Å². The summed E-state index contributed by atoms with van der Waals surface area (Å²) >= 11 is 1.16. The minimum absolute atomic E-state index is 0.0775. The van der Waals surface area contributed by atoms with Crippen molar-refractivity contribution in [1.29, 1.82) is 0 Å². The van der Waals surface area contributed by atoms with E-state index in [-0.39, 0.29) is 12.6 Å². The molecular weight excluding hydrogens is 296 g/mol. The zero-order valence-electron chi connectivity index (χ0n) is 11.1. The maximum absolute atomic E-state index is 12.7. The number of rotatable bonds is 5. The van der Waals surface area contributed by atoms with Crippen molar-refractivity contribution in [2.24, 2.45) is 0 Å². The lowest BCUT2D eigenvalue weighted by molar-refractivity contribution is 0.352. The maximum Gasteiger partial charge on any atom is 0.253 e. The van der Waals surface area contributed by atoms with Crippen molar-refractivity contribution in [3.05, 3.63) is 35.1 Å². The third-order valence-corrected chi connectivity index (χ3v) is 6.55. The first kappa shape index (κ1) is 13.7. The lowest BCUT2D eigenvalue weighted by atomic mass is 10.4. The SMILES string of the molecule is Cc1ccc(CN(C2CC2)S(=O)(=O)c2cc(N)cs2)o1. The molecule has 0 atom stereocenters. The molecule has 1 aliphatic carbocycles. The molecule has 1 fully saturated rings. The molecule has 2 aromatic heterocycles. The second kappa shape index (κ2) is 4.91. The minimum Gasteiger partial charge on any atom is -0.465 e. The number of anilines is 1. The fraction of sp³-hybridized carbons (Fsp3) is 0.385. The van der Waals surface area contributed by atoms with Gasteiger partial charge in [-0.3, -0.25) is 0 Å². The Morgan fingerprint density at radius 3 is 2.70 bits per heavy atom. The van der Waals surface area contributed by atoms with Crippen LogP contribution in [0.25, 0.3) is 0 Å². The van der Waals surface area contributed by atoms with Gasteiger partial charge in [0.2, 0.25) is 0 Å². The molecule has 1 aliphatic rings. The molecule has 0 saturated heterocycles. The normalized spacial score (nSPS) is 15.9. The van der Waals surface area contributed by atoms with Gasteiger partial charge in [0.1, 0.15) is 15.7 Å². The molecule has 108 valence electrons. The third kappa shape index (κ3) is 2.61. The molecule has 7 heteroatoms. The predicted octanol–water partition coefficient (Wildman–Crippen LogP) is 2.59. The largest absolute Gasteiger partial charge is 0.465 e. The fourth-order valence-electron chi connectivity index (χ4n) is 2.08. The molecule has 2 heterocycles. The molecule has 1 saturated carbocycles. The Balaban J connectivity index is 1.90. The molecule has 0 spiro atoms. The first-order chi connectivity index (χ1) is 9.46. The first-order valence-electron chi connectivity index (χ1n) is 6.38. The smallest absolute Gasteiger partial charge is 0.253 e. The van der Waals surface area contributed by atoms with Crippen molar-refractivity contribution in [3.8, 4) is 0 Å². The minimum atomic E-state index is -3.49.